The summed E-state index contributed by atoms with van der Waals surface area (Å²) in [5, 5.41) is 0. The van der Waals surface area contributed by atoms with E-state index in [-0.39, 0.29) is 0 Å². The number of hydrogen-bond acceptors (Lipinski definition) is 2. The molecule has 0 unspecified atom stereocenters. The highest BCUT2D eigenvalue weighted by molar-refractivity contribution is 4.75. The topological polar surface area (TPSA) is 18.5 Å². The zero-order chi connectivity index (χ0) is 8.10. The van der Waals surface area contributed by atoms with Gasteiger partial charge in [-0.2, -0.15) is 0 Å². The molecule has 0 radical (unpaired) electrons. The average Bonchev–Trinajstić information content (AvgIpc) is 2.06. The molecule has 11 heavy (non-hydrogen) atoms. The van der Waals surface area contributed by atoms with Crippen molar-refractivity contribution in [3.05, 3.63) is 0 Å². The van der Waals surface area contributed by atoms with Crippen molar-refractivity contribution in [3.8, 4) is 0 Å². The van der Waals surface area contributed by atoms with Crippen LogP contribution in [0.4, 0.5) is 0 Å². The van der Waals surface area contributed by atoms with Crippen LogP contribution < -0.4 is 0 Å². The van der Waals surface area contributed by atoms with Gasteiger partial charge in [0.25, 0.3) is 0 Å². The van der Waals surface area contributed by atoms with E-state index in [2.05, 4.69) is 0 Å². The Labute approximate surface area is 68.9 Å². The Hall–Kier alpha value is -0.0800. The quantitative estimate of drug-likeness (QED) is 0.625. The lowest BCUT2D eigenvalue weighted by Gasteiger charge is -2.29. The van der Waals surface area contributed by atoms with Crippen molar-refractivity contribution in [1.29, 1.82) is 0 Å². The van der Waals surface area contributed by atoms with Crippen LogP contribution in [0.3, 0.4) is 0 Å². The van der Waals surface area contributed by atoms with Crippen molar-refractivity contribution in [2.24, 2.45) is 0 Å². The summed E-state index contributed by atoms with van der Waals surface area (Å²) >= 11 is 0. The van der Waals surface area contributed by atoms with Crippen LogP contribution in [0.15, 0.2) is 0 Å². The van der Waals surface area contributed by atoms with E-state index in [0.29, 0.717) is 12.2 Å². The number of hydrogen-bond donors (Lipinski definition) is 0. The summed E-state index contributed by atoms with van der Waals surface area (Å²) in [5.74, 6) is 0. The molecule has 2 heteroatoms. The van der Waals surface area contributed by atoms with Gasteiger partial charge in [-0.3, -0.25) is 0 Å². The van der Waals surface area contributed by atoms with Gasteiger partial charge in [0.05, 0.1) is 12.2 Å². The molecule has 0 saturated heterocycles. The Balaban J connectivity index is 2.31. The first kappa shape index (κ1) is 9.01. The number of methoxy groups -OCH3 is 1. The summed E-state index contributed by atoms with van der Waals surface area (Å²) in [6, 6.07) is 0. The van der Waals surface area contributed by atoms with E-state index < -0.39 is 0 Å². The molecule has 0 aliphatic heterocycles. The molecule has 0 aromatic carbocycles. The zero-order valence-corrected chi connectivity index (χ0v) is 7.51. The predicted octanol–water partition coefficient (Wildman–Crippen LogP) is 1.98. The van der Waals surface area contributed by atoms with Crippen molar-refractivity contribution in [1.82, 2.24) is 0 Å². The fraction of sp³-hybridized carbons (Fsp3) is 1.00. The molecular formula is C9H18O2. The summed E-state index contributed by atoms with van der Waals surface area (Å²) in [6.45, 7) is 2.85. The van der Waals surface area contributed by atoms with Gasteiger partial charge in [-0.1, -0.05) is 12.8 Å². The van der Waals surface area contributed by atoms with Crippen molar-refractivity contribution < 1.29 is 9.47 Å². The van der Waals surface area contributed by atoms with E-state index in [0.717, 1.165) is 6.61 Å². The Morgan fingerprint density at radius 2 is 1.82 bits per heavy atom. The fourth-order valence-electron chi connectivity index (χ4n) is 1.74. The highest BCUT2D eigenvalue weighted by Gasteiger charge is 2.24. The van der Waals surface area contributed by atoms with Crippen molar-refractivity contribution in [2.45, 2.75) is 44.8 Å². The molecular weight excluding hydrogens is 140 g/mol. The first-order valence-corrected chi connectivity index (χ1v) is 4.53. The molecule has 1 aliphatic rings. The van der Waals surface area contributed by atoms with Crippen molar-refractivity contribution in [3.63, 3.8) is 0 Å². The van der Waals surface area contributed by atoms with Crippen LogP contribution in [0.25, 0.3) is 0 Å². The standard InChI is InChI=1S/C9H18O2/c1-3-11-9-7-5-4-6-8(9)10-2/h8-9H,3-7H2,1-2H3/t8-,9+/m1/s1. The van der Waals surface area contributed by atoms with Gasteiger partial charge in [-0.05, 0) is 19.8 Å². The lowest BCUT2D eigenvalue weighted by Crippen LogP contribution is -2.33. The second-order valence-electron chi connectivity index (χ2n) is 3.05. The molecule has 2 atom stereocenters. The van der Waals surface area contributed by atoms with Gasteiger partial charge in [-0.25, -0.2) is 0 Å². The van der Waals surface area contributed by atoms with Crippen molar-refractivity contribution >= 4 is 0 Å². The highest BCUT2D eigenvalue weighted by atomic mass is 16.5. The smallest absolute Gasteiger partial charge is 0.0836 e. The Bertz CT molecular complexity index is 102. The van der Waals surface area contributed by atoms with Gasteiger partial charge in [0.2, 0.25) is 0 Å². The molecule has 0 spiro atoms. The molecule has 0 amide bonds. The predicted molar refractivity (Wildman–Crippen MR) is 44.7 cm³/mol. The van der Waals surface area contributed by atoms with E-state index in [1.54, 1.807) is 7.11 Å². The number of ether oxygens (including phenoxy) is 2. The minimum absolute atomic E-state index is 0.351. The SMILES string of the molecule is CCO[C@H]1CCCC[C@H]1OC. The minimum Gasteiger partial charge on any atom is -0.379 e. The average molecular weight is 158 g/mol. The molecule has 1 rings (SSSR count). The van der Waals surface area contributed by atoms with Gasteiger partial charge in [0.1, 0.15) is 0 Å². The van der Waals surface area contributed by atoms with Crippen LogP contribution in [0, 0.1) is 0 Å². The Kier molecular flexibility index (Phi) is 3.87. The second-order valence-corrected chi connectivity index (χ2v) is 3.05. The van der Waals surface area contributed by atoms with E-state index in [9.17, 15) is 0 Å². The van der Waals surface area contributed by atoms with Crippen LogP contribution >= 0.6 is 0 Å². The minimum atomic E-state index is 0.351. The summed E-state index contributed by atoms with van der Waals surface area (Å²) in [7, 11) is 1.78. The molecule has 0 bridgehead atoms. The third-order valence-electron chi connectivity index (χ3n) is 2.33. The van der Waals surface area contributed by atoms with Crippen LogP contribution in [0.2, 0.25) is 0 Å². The highest BCUT2D eigenvalue weighted by Crippen LogP contribution is 2.22. The maximum atomic E-state index is 5.56. The maximum Gasteiger partial charge on any atom is 0.0836 e. The van der Waals surface area contributed by atoms with Crippen molar-refractivity contribution in [2.75, 3.05) is 13.7 Å². The monoisotopic (exact) mass is 158 g/mol. The van der Waals surface area contributed by atoms with Gasteiger partial charge in [0, 0.05) is 13.7 Å². The molecule has 2 nitrogen and oxygen atoms in total. The summed E-state index contributed by atoms with van der Waals surface area (Å²) in [4.78, 5) is 0. The third-order valence-corrected chi connectivity index (χ3v) is 2.33. The summed E-state index contributed by atoms with van der Waals surface area (Å²) < 4.78 is 10.9. The van der Waals surface area contributed by atoms with Crippen LogP contribution in [-0.4, -0.2) is 25.9 Å². The maximum absolute atomic E-state index is 5.56. The molecule has 66 valence electrons. The van der Waals surface area contributed by atoms with E-state index in [1.165, 1.54) is 25.7 Å². The lowest BCUT2D eigenvalue weighted by molar-refractivity contribution is -0.0728. The summed E-state index contributed by atoms with van der Waals surface area (Å²) in [5.41, 5.74) is 0. The van der Waals surface area contributed by atoms with E-state index >= 15 is 0 Å². The van der Waals surface area contributed by atoms with Crippen LogP contribution in [0.5, 0.6) is 0 Å². The first-order chi connectivity index (χ1) is 5.38. The molecule has 1 saturated carbocycles. The second kappa shape index (κ2) is 4.73. The Morgan fingerprint density at radius 1 is 1.18 bits per heavy atom. The molecule has 0 aromatic rings. The van der Waals surface area contributed by atoms with E-state index in [1.807, 2.05) is 6.92 Å². The Morgan fingerprint density at radius 3 is 2.36 bits per heavy atom. The molecule has 1 aliphatic carbocycles. The van der Waals surface area contributed by atoms with Gasteiger partial charge in [-0.15, -0.1) is 0 Å². The largest absolute Gasteiger partial charge is 0.379 e. The van der Waals surface area contributed by atoms with Gasteiger partial charge < -0.3 is 9.47 Å². The van der Waals surface area contributed by atoms with Gasteiger partial charge >= 0.3 is 0 Å². The van der Waals surface area contributed by atoms with E-state index in [4.69, 9.17) is 9.47 Å². The van der Waals surface area contributed by atoms with Crippen LogP contribution in [-0.2, 0) is 9.47 Å². The van der Waals surface area contributed by atoms with Gasteiger partial charge in [0.15, 0.2) is 0 Å². The first-order valence-electron chi connectivity index (χ1n) is 4.53. The molecule has 0 N–H and O–H groups in total. The fourth-order valence-corrected chi connectivity index (χ4v) is 1.74. The molecule has 0 aromatic heterocycles. The zero-order valence-electron chi connectivity index (χ0n) is 7.51. The van der Waals surface area contributed by atoms with Crippen LogP contribution in [0.1, 0.15) is 32.6 Å². The third kappa shape index (κ3) is 2.46. The molecule has 1 fully saturated rings. The normalized spacial score (nSPS) is 32.2. The summed E-state index contributed by atoms with van der Waals surface area (Å²) in [6.07, 6.45) is 5.64. The molecule has 0 heterocycles. The lowest BCUT2D eigenvalue weighted by atomic mass is 9.95. The number of rotatable bonds is 3.